The van der Waals surface area contributed by atoms with E-state index in [4.69, 9.17) is 13.3 Å². The first-order valence-corrected chi connectivity index (χ1v) is 13.1. The zero-order valence-electron chi connectivity index (χ0n) is 20.1. The Morgan fingerprint density at radius 1 is 1.00 bits per heavy atom. The van der Waals surface area contributed by atoms with Crippen LogP contribution in [0.15, 0.2) is 61.2 Å². The number of amides is 1. The average molecular weight is 538 g/mol. The Balaban J connectivity index is 0.00000544. The number of hydrogen-bond acceptors (Lipinski definition) is 5. The van der Waals surface area contributed by atoms with Crippen LogP contribution in [-0.2, 0) is 18.1 Å². The molecule has 0 bridgehead atoms. The molecule has 2 aromatic rings. The molecule has 2 aromatic carbocycles. The van der Waals surface area contributed by atoms with Crippen LogP contribution in [0.4, 0.5) is 11.4 Å². The fourth-order valence-electron chi connectivity index (χ4n) is 3.57. The van der Waals surface area contributed by atoms with Crippen molar-refractivity contribution in [2.75, 3.05) is 37.0 Å². The van der Waals surface area contributed by atoms with E-state index in [0.29, 0.717) is 19.8 Å². The van der Waals surface area contributed by atoms with Crippen molar-refractivity contribution >= 4 is 43.1 Å². The van der Waals surface area contributed by atoms with Crippen molar-refractivity contribution in [1.82, 2.24) is 0 Å². The molecule has 0 aromatic heterocycles. The van der Waals surface area contributed by atoms with Crippen molar-refractivity contribution in [3.05, 3.63) is 61.2 Å². The summed E-state index contributed by atoms with van der Waals surface area (Å²) in [6, 6.07) is 16.0. The van der Waals surface area contributed by atoms with Crippen LogP contribution in [0.5, 0.6) is 0 Å². The lowest BCUT2D eigenvalue weighted by Crippen LogP contribution is -2.50. The van der Waals surface area contributed by atoms with Gasteiger partial charge in [-0.3, -0.25) is 4.79 Å². The Morgan fingerprint density at radius 3 is 2.12 bits per heavy atom. The summed E-state index contributed by atoms with van der Waals surface area (Å²) < 4.78 is 18.1. The van der Waals surface area contributed by atoms with Crippen LogP contribution in [0.3, 0.4) is 0 Å². The van der Waals surface area contributed by atoms with E-state index in [-0.39, 0.29) is 28.4 Å². The van der Waals surface area contributed by atoms with Gasteiger partial charge in [0.15, 0.2) is 0 Å². The van der Waals surface area contributed by atoms with Crippen molar-refractivity contribution in [2.24, 2.45) is 0 Å². The van der Waals surface area contributed by atoms with Crippen LogP contribution in [-0.4, -0.2) is 41.1 Å². The zero-order chi connectivity index (χ0) is 23.4. The Hall–Kier alpha value is -1.97. The monoisotopic (exact) mass is 536 g/mol. The molecule has 2 rings (SSSR count). The van der Waals surface area contributed by atoms with Gasteiger partial charge < -0.3 is 23.9 Å². The first-order valence-electron chi connectivity index (χ1n) is 11.3. The van der Waals surface area contributed by atoms with Gasteiger partial charge in [0.25, 0.3) is 0 Å². The second kappa shape index (κ2) is 15.0. The molecule has 0 fully saturated rings. The fourth-order valence-corrected chi connectivity index (χ4v) is 6.38. The number of halogens is 1. The molecule has 8 heteroatoms. The Kier molecular flexibility index (Phi) is 13.2. The second-order valence-electron chi connectivity index (χ2n) is 7.34. The molecule has 33 heavy (non-hydrogen) atoms. The maximum Gasteiger partial charge on any atom is 0.503 e. The van der Waals surface area contributed by atoms with E-state index in [9.17, 15) is 4.79 Å². The summed E-state index contributed by atoms with van der Waals surface area (Å²) in [5, 5.41) is 6.34. The maximum atomic E-state index is 11.5. The average Bonchev–Trinajstić information content (AvgIpc) is 2.80. The molecule has 1 amide bonds. The van der Waals surface area contributed by atoms with Gasteiger partial charge in [-0.15, -0.1) is 17.0 Å². The van der Waals surface area contributed by atoms with Gasteiger partial charge in [0.1, 0.15) is 0 Å². The Morgan fingerprint density at radius 2 is 1.58 bits per heavy atom. The summed E-state index contributed by atoms with van der Waals surface area (Å²) in [4.78, 5) is 11.5. The van der Waals surface area contributed by atoms with E-state index in [1.165, 1.54) is 6.08 Å². The molecule has 6 nitrogen and oxygen atoms in total. The topological polar surface area (TPSA) is 68.8 Å². The number of benzene rings is 2. The molecule has 0 heterocycles. The summed E-state index contributed by atoms with van der Waals surface area (Å²) in [5.41, 5.74) is 4.14. The minimum absolute atomic E-state index is 0. The summed E-state index contributed by atoms with van der Waals surface area (Å²) in [6.07, 6.45) is 2.13. The Bertz CT molecular complexity index is 847. The number of para-hydroxylation sites is 1. The van der Waals surface area contributed by atoms with Crippen LogP contribution in [0.25, 0.3) is 11.1 Å². The summed E-state index contributed by atoms with van der Waals surface area (Å²) in [7, 11) is -2.72. The quantitative estimate of drug-likeness (QED) is 0.219. The van der Waals surface area contributed by atoms with Crippen molar-refractivity contribution in [3.63, 3.8) is 0 Å². The third kappa shape index (κ3) is 8.39. The molecule has 0 radical (unpaired) electrons. The molecule has 1 atom stereocenters. The standard InChI is InChI=1S/C25H36N2O4Si.BrH/c1-6-25(28)27-22-16-14-21(15-17-22)23-12-10-11-13-24(23)26-19-18-20(5)32(29-7-2,30-8-3)31-9-4;/h6,10-17,20,26H,1,7-9,18-19H2,2-5H3,(H,27,28);1H. The van der Waals surface area contributed by atoms with Crippen molar-refractivity contribution in [2.45, 2.75) is 39.7 Å². The van der Waals surface area contributed by atoms with Crippen LogP contribution < -0.4 is 10.6 Å². The van der Waals surface area contributed by atoms with E-state index in [1.54, 1.807) is 0 Å². The minimum Gasteiger partial charge on any atom is -0.385 e. The predicted molar refractivity (Wildman–Crippen MR) is 144 cm³/mol. The van der Waals surface area contributed by atoms with E-state index in [0.717, 1.165) is 35.5 Å². The SMILES string of the molecule is Br.C=CC(=O)Nc1ccc(-c2ccccc2NCCC(C)[Si](OCC)(OCC)OCC)cc1. The van der Waals surface area contributed by atoms with Crippen molar-refractivity contribution < 1.29 is 18.1 Å². The van der Waals surface area contributed by atoms with E-state index in [2.05, 4.69) is 36.3 Å². The zero-order valence-corrected chi connectivity index (χ0v) is 22.8. The molecule has 0 saturated heterocycles. The first kappa shape index (κ1) is 29.1. The van der Waals surface area contributed by atoms with Gasteiger partial charge in [0, 0.05) is 48.8 Å². The molecular weight excluding hydrogens is 500 g/mol. The molecule has 1 unspecified atom stereocenters. The van der Waals surface area contributed by atoms with Crippen molar-refractivity contribution in [1.29, 1.82) is 0 Å². The van der Waals surface area contributed by atoms with Gasteiger partial charge in [-0.2, -0.15) is 0 Å². The predicted octanol–water partition coefficient (Wildman–Crippen LogP) is 6.30. The minimum atomic E-state index is -2.72. The fraction of sp³-hybridized carbons (Fsp3) is 0.400. The molecule has 0 spiro atoms. The summed E-state index contributed by atoms with van der Waals surface area (Å²) >= 11 is 0. The number of nitrogens with one attached hydrogen (secondary N) is 2. The third-order valence-electron chi connectivity index (χ3n) is 5.11. The van der Waals surface area contributed by atoms with E-state index in [1.807, 2.05) is 57.2 Å². The van der Waals surface area contributed by atoms with Gasteiger partial charge in [-0.25, -0.2) is 0 Å². The van der Waals surface area contributed by atoms with Gasteiger partial charge >= 0.3 is 8.80 Å². The normalized spacial score (nSPS) is 11.9. The third-order valence-corrected chi connectivity index (χ3v) is 8.68. The highest BCUT2D eigenvalue weighted by molar-refractivity contribution is 8.93. The van der Waals surface area contributed by atoms with Crippen molar-refractivity contribution in [3.8, 4) is 11.1 Å². The number of carbonyl (C=O) groups is 1. The summed E-state index contributed by atoms with van der Waals surface area (Å²) in [6.45, 7) is 14.1. The molecule has 182 valence electrons. The summed E-state index contributed by atoms with van der Waals surface area (Å²) in [5.74, 6) is -0.222. The molecule has 0 saturated carbocycles. The highest BCUT2D eigenvalue weighted by Crippen LogP contribution is 2.31. The molecule has 0 aliphatic carbocycles. The molecular formula is C25H37BrN2O4Si. The van der Waals surface area contributed by atoms with E-state index >= 15 is 0 Å². The van der Waals surface area contributed by atoms with Crippen LogP contribution >= 0.6 is 17.0 Å². The second-order valence-corrected chi connectivity index (χ2v) is 10.4. The Labute approximate surface area is 209 Å². The van der Waals surface area contributed by atoms with Gasteiger partial charge in [-0.1, -0.05) is 43.8 Å². The first-order chi connectivity index (χ1) is 15.5. The van der Waals surface area contributed by atoms with Crippen LogP contribution in [0.2, 0.25) is 5.54 Å². The van der Waals surface area contributed by atoms with E-state index < -0.39 is 8.80 Å². The molecule has 2 N–H and O–H groups in total. The smallest absolute Gasteiger partial charge is 0.385 e. The maximum absolute atomic E-state index is 11.5. The largest absolute Gasteiger partial charge is 0.503 e. The van der Waals surface area contributed by atoms with Gasteiger partial charge in [0.05, 0.1) is 0 Å². The molecule has 0 aliphatic heterocycles. The number of rotatable bonds is 14. The molecule has 0 aliphatic rings. The highest BCUT2D eigenvalue weighted by Gasteiger charge is 2.46. The lowest BCUT2D eigenvalue weighted by molar-refractivity contribution is -0.111. The lowest BCUT2D eigenvalue weighted by Gasteiger charge is -2.33. The van der Waals surface area contributed by atoms with Crippen LogP contribution in [0.1, 0.15) is 34.1 Å². The lowest BCUT2D eigenvalue weighted by atomic mass is 10.0. The number of carbonyl (C=O) groups excluding carboxylic acids is 1. The van der Waals surface area contributed by atoms with Gasteiger partial charge in [-0.05, 0) is 57.0 Å². The van der Waals surface area contributed by atoms with Gasteiger partial charge in [0.2, 0.25) is 5.91 Å². The van der Waals surface area contributed by atoms with Crippen LogP contribution in [0, 0.1) is 0 Å². The highest BCUT2D eigenvalue weighted by atomic mass is 79.9. The number of hydrogen-bond donors (Lipinski definition) is 2. The number of anilines is 2.